The SMILES string of the molecule is CN(C(=O)OC1c2ccccc2-c2ccccc21)c1ccc(S(=O)(=O)Cl)cc1. The van der Waals surface area contributed by atoms with E-state index in [0.29, 0.717) is 5.69 Å². The summed E-state index contributed by atoms with van der Waals surface area (Å²) in [6.07, 6.45) is -1.04. The Morgan fingerprint density at radius 3 is 1.89 bits per heavy atom. The lowest BCUT2D eigenvalue weighted by molar-refractivity contribution is 0.127. The minimum Gasteiger partial charge on any atom is -0.436 e. The molecule has 1 aliphatic carbocycles. The van der Waals surface area contributed by atoms with Gasteiger partial charge in [0.2, 0.25) is 0 Å². The fourth-order valence-corrected chi connectivity index (χ4v) is 4.12. The van der Waals surface area contributed by atoms with Gasteiger partial charge in [0, 0.05) is 34.5 Å². The van der Waals surface area contributed by atoms with E-state index in [0.717, 1.165) is 22.3 Å². The van der Waals surface area contributed by atoms with Crippen molar-refractivity contribution >= 4 is 31.5 Å². The number of carbonyl (C=O) groups is 1. The molecule has 28 heavy (non-hydrogen) atoms. The number of hydrogen-bond acceptors (Lipinski definition) is 4. The van der Waals surface area contributed by atoms with Crippen molar-refractivity contribution in [1.29, 1.82) is 0 Å². The molecule has 142 valence electrons. The molecule has 7 heteroatoms. The van der Waals surface area contributed by atoms with E-state index in [9.17, 15) is 13.2 Å². The van der Waals surface area contributed by atoms with Gasteiger partial charge in [-0.25, -0.2) is 13.2 Å². The van der Waals surface area contributed by atoms with Crippen LogP contribution in [0.3, 0.4) is 0 Å². The smallest absolute Gasteiger partial charge is 0.414 e. The molecular weight excluding hydrogens is 398 g/mol. The Hall–Kier alpha value is -2.83. The Kier molecular flexibility index (Phi) is 4.61. The average molecular weight is 414 g/mol. The largest absolute Gasteiger partial charge is 0.436 e. The Labute approximate surface area is 167 Å². The van der Waals surface area contributed by atoms with Crippen LogP contribution < -0.4 is 4.90 Å². The Balaban J connectivity index is 1.60. The standard InChI is InChI=1S/C21H16ClNO4S/c1-23(14-10-12-15(13-11-14)28(22,25)26)21(24)27-20-18-8-4-2-6-16(18)17-7-3-5-9-19(17)20/h2-13,20H,1H3. The molecule has 0 radical (unpaired) electrons. The van der Waals surface area contributed by atoms with Gasteiger partial charge in [-0.15, -0.1) is 0 Å². The summed E-state index contributed by atoms with van der Waals surface area (Å²) in [5.41, 5.74) is 4.47. The summed E-state index contributed by atoms with van der Waals surface area (Å²) in [4.78, 5) is 14.1. The van der Waals surface area contributed by atoms with Crippen molar-refractivity contribution in [1.82, 2.24) is 0 Å². The van der Waals surface area contributed by atoms with Gasteiger partial charge in [-0.2, -0.15) is 0 Å². The van der Waals surface area contributed by atoms with Crippen LogP contribution in [0.1, 0.15) is 17.2 Å². The summed E-state index contributed by atoms with van der Waals surface area (Å²) in [5, 5.41) is 0. The van der Waals surface area contributed by atoms with Gasteiger partial charge in [0.1, 0.15) is 0 Å². The van der Waals surface area contributed by atoms with E-state index in [2.05, 4.69) is 0 Å². The van der Waals surface area contributed by atoms with E-state index < -0.39 is 21.2 Å². The highest BCUT2D eigenvalue weighted by Crippen LogP contribution is 2.45. The molecule has 0 saturated heterocycles. The van der Waals surface area contributed by atoms with E-state index in [1.165, 1.54) is 29.2 Å². The summed E-state index contributed by atoms with van der Waals surface area (Å²) >= 11 is 0. The molecule has 1 aliphatic rings. The minimum atomic E-state index is -3.81. The van der Waals surface area contributed by atoms with Crippen molar-refractivity contribution in [3.63, 3.8) is 0 Å². The zero-order chi connectivity index (χ0) is 19.9. The molecule has 0 unspecified atom stereocenters. The lowest BCUT2D eigenvalue weighted by Gasteiger charge is -2.21. The lowest BCUT2D eigenvalue weighted by Crippen LogP contribution is -2.28. The number of rotatable bonds is 3. The van der Waals surface area contributed by atoms with Crippen molar-refractivity contribution in [2.45, 2.75) is 11.0 Å². The number of fused-ring (bicyclic) bond motifs is 3. The summed E-state index contributed by atoms with van der Waals surface area (Å²) in [5.74, 6) is 0. The molecule has 3 aromatic rings. The molecule has 0 saturated carbocycles. The van der Waals surface area contributed by atoms with Crippen LogP contribution in [-0.4, -0.2) is 21.6 Å². The predicted molar refractivity (Wildman–Crippen MR) is 108 cm³/mol. The van der Waals surface area contributed by atoms with Crippen LogP contribution in [-0.2, 0) is 13.8 Å². The lowest BCUT2D eigenvalue weighted by atomic mass is 10.1. The number of halogens is 1. The highest BCUT2D eigenvalue weighted by molar-refractivity contribution is 8.13. The van der Waals surface area contributed by atoms with Crippen LogP contribution in [0.2, 0.25) is 0 Å². The van der Waals surface area contributed by atoms with Crippen molar-refractivity contribution < 1.29 is 17.9 Å². The van der Waals surface area contributed by atoms with E-state index in [1.54, 1.807) is 7.05 Å². The quantitative estimate of drug-likeness (QED) is 0.569. The summed E-state index contributed by atoms with van der Waals surface area (Å²) in [7, 11) is 3.08. The van der Waals surface area contributed by atoms with E-state index in [4.69, 9.17) is 15.4 Å². The van der Waals surface area contributed by atoms with Gasteiger partial charge in [0.25, 0.3) is 9.05 Å². The third-order valence-corrected chi connectivity index (χ3v) is 6.14. The molecule has 4 rings (SSSR count). The molecule has 0 bridgehead atoms. The molecular formula is C21H16ClNO4S. The molecule has 1 amide bonds. The maximum Gasteiger partial charge on any atom is 0.414 e. The summed E-state index contributed by atoms with van der Waals surface area (Å²) in [6.45, 7) is 0. The third kappa shape index (κ3) is 3.25. The van der Waals surface area contributed by atoms with Gasteiger partial charge in [-0.3, -0.25) is 4.90 Å². The fraction of sp³-hybridized carbons (Fsp3) is 0.0952. The predicted octanol–water partition coefficient (Wildman–Crippen LogP) is 4.96. The van der Waals surface area contributed by atoms with Gasteiger partial charge in [0.05, 0.1) is 4.90 Å². The van der Waals surface area contributed by atoms with Crippen LogP contribution in [0.5, 0.6) is 0 Å². The van der Waals surface area contributed by atoms with Crippen LogP contribution >= 0.6 is 10.7 Å². The summed E-state index contributed by atoms with van der Waals surface area (Å²) in [6, 6.07) is 21.4. The molecule has 0 atom stereocenters. The van der Waals surface area contributed by atoms with Crippen molar-refractivity contribution in [2.75, 3.05) is 11.9 Å². The number of anilines is 1. The minimum absolute atomic E-state index is 0.0293. The number of carbonyl (C=O) groups excluding carboxylic acids is 1. The van der Waals surface area contributed by atoms with Gasteiger partial charge >= 0.3 is 6.09 Å². The zero-order valence-electron chi connectivity index (χ0n) is 14.9. The second-order valence-corrected chi connectivity index (χ2v) is 9.00. The molecule has 0 N–H and O–H groups in total. The normalized spacial score (nSPS) is 12.9. The number of ether oxygens (including phenoxy) is 1. The fourth-order valence-electron chi connectivity index (χ4n) is 3.35. The third-order valence-electron chi connectivity index (χ3n) is 4.77. The maximum atomic E-state index is 12.8. The maximum absolute atomic E-state index is 12.8. The Morgan fingerprint density at radius 2 is 1.39 bits per heavy atom. The Morgan fingerprint density at radius 1 is 0.893 bits per heavy atom. The first kappa shape index (κ1) is 18.5. The van der Waals surface area contributed by atoms with Crippen LogP contribution in [0.15, 0.2) is 77.7 Å². The van der Waals surface area contributed by atoms with Crippen LogP contribution in [0.25, 0.3) is 11.1 Å². The van der Waals surface area contributed by atoms with Gasteiger partial charge in [-0.1, -0.05) is 48.5 Å². The molecule has 0 spiro atoms. The Bertz CT molecular complexity index is 1110. The van der Waals surface area contributed by atoms with E-state index in [-0.39, 0.29) is 4.90 Å². The topological polar surface area (TPSA) is 63.7 Å². The highest BCUT2D eigenvalue weighted by atomic mass is 35.7. The molecule has 0 aliphatic heterocycles. The average Bonchev–Trinajstić information content (AvgIpc) is 3.01. The first-order valence-electron chi connectivity index (χ1n) is 8.53. The van der Waals surface area contributed by atoms with Crippen molar-refractivity contribution in [2.24, 2.45) is 0 Å². The molecule has 0 heterocycles. The summed E-state index contributed by atoms with van der Waals surface area (Å²) < 4.78 is 28.6. The highest BCUT2D eigenvalue weighted by Gasteiger charge is 2.32. The number of hydrogen-bond donors (Lipinski definition) is 0. The van der Waals surface area contributed by atoms with Crippen molar-refractivity contribution in [3.8, 4) is 11.1 Å². The van der Waals surface area contributed by atoms with Crippen LogP contribution in [0.4, 0.5) is 10.5 Å². The van der Waals surface area contributed by atoms with Gasteiger partial charge < -0.3 is 4.74 Å². The molecule has 5 nitrogen and oxygen atoms in total. The van der Waals surface area contributed by atoms with Gasteiger partial charge in [-0.05, 0) is 35.4 Å². The van der Waals surface area contributed by atoms with Crippen molar-refractivity contribution in [3.05, 3.63) is 83.9 Å². The first-order chi connectivity index (χ1) is 13.4. The number of nitrogens with zero attached hydrogens (tertiary/aromatic N) is 1. The second kappa shape index (κ2) is 6.96. The first-order valence-corrected chi connectivity index (χ1v) is 10.8. The van der Waals surface area contributed by atoms with E-state index in [1.807, 2.05) is 48.5 Å². The molecule has 0 aromatic heterocycles. The monoisotopic (exact) mass is 413 g/mol. The van der Waals surface area contributed by atoms with E-state index >= 15 is 0 Å². The second-order valence-electron chi connectivity index (χ2n) is 6.43. The zero-order valence-corrected chi connectivity index (χ0v) is 16.4. The molecule has 0 fully saturated rings. The van der Waals surface area contributed by atoms with Gasteiger partial charge in [0.15, 0.2) is 6.10 Å². The molecule has 3 aromatic carbocycles. The number of benzene rings is 3. The van der Waals surface area contributed by atoms with Crippen LogP contribution in [0, 0.1) is 0 Å². The number of amides is 1.